The highest BCUT2D eigenvalue weighted by atomic mass is 16.5. The van der Waals surface area contributed by atoms with Crippen LogP contribution in [0.15, 0.2) is 24.3 Å². The van der Waals surface area contributed by atoms with Gasteiger partial charge in [0.05, 0.1) is 31.0 Å². The van der Waals surface area contributed by atoms with Gasteiger partial charge in [-0.1, -0.05) is 60.6 Å². The smallest absolute Gasteiger partial charge is 0.333 e. The molecule has 0 heterocycles. The van der Waals surface area contributed by atoms with Gasteiger partial charge in [0, 0.05) is 16.4 Å². The van der Waals surface area contributed by atoms with Gasteiger partial charge in [-0.05, 0) is 111 Å². The highest BCUT2D eigenvalue weighted by Gasteiger charge is 2.69. The largest absolute Gasteiger partial charge is 0.462 e. The Morgan fingerprint density at radius 2 is 1.58 bits per heavy atom. The van der Waals surface area contributed by atoms with Gasteiger partial charge in [-0.2, -0.15) is 0 Å². The Labute approximate surface area is 261 Å². The molecule has 0 saturated heterocycles. The first-order valence-electron chi connectivity index (χ1n) is 17.0. The number of esters is 1. The zero-order chi connectivity index (χ0) is 32.4. The number of aliphatic hydroxyl groups excluding tert-OH is 4. The third kappa shape index (κ3) is 5.00. The lowest BCUT2D eigenvalue weighted by Gasteiger charge is -2.70. The van der Waals surface area contributed by atoms with E-state index in [-0.39, 0.29) is 46.6 Å². The first-order chi connectivity index (χ1) is 19.8. The SMILES string of the molecule is C=CCC1[C@@]2(C)CC[C@H](O)[C@](C)(COC(=O)/C(C)=C/C)C2CC[C@@]1(C)[C@@]1(C)CC2CC(C)(C)[C@@H](O)[C@H](O)[C@]2(CC)[C@H](O)C1. The molecule has 0 aliphatic heterocycles. The van der Waals surface area contributed by atoms with Crippen LogP contribution in [-0.2, 0) is 9.53 Å². The van der Waals surface area contributed by atoms with Gasteiger partial charge >= 0.3 is 5.97 Å². The van der Waals surface area contributed by atoms with E-state index < -0.39 is 40.7 Å². The van der Waals surface area contributed by atoms with E-state index in [9.17, 15) is 25.2 Å². The molecule has 4 aliphatic rings. The molecule has 12 atom stereocenters. The predicted molar refractivity (Wildman–Crippen MR) is 171 cm³/mol. The third-order valence-corrected chi connectivity index (χ3v) is 14.6. The number of hydrogen-bond donors (Lipinski definition) is 4. The Morgan fingerprint density at radius 3 is 2.16 bits per heavy atom. The summed E-state index contributed by atoms with van der Waals surface area (Å²) < 4.78 is 5.86. The first-order valence-corrected chi connectivity index (χ1v) is 17.0. The maximum Gasteiger partial charge on any atom is 0.333 e. The molecule has 246 valence electrons. The normalized spacial score (nSPS) is 49.9. The molecule has 6 nitrogen and oxygen atoms in total. The lowest BCUT2D eigenvalue weighted by molar-refractivity contribution is -0.269. The highest BCUT2D eigenvalue weighted by Crippen LogP contribution is 2.73. The van der Waals surface area contributed by atoms with Gasteiger partial charge in [0.25, 0.3) is 0 Å². The van der Waals surface area contributed by atoms with Crippen molar-refractivity contribution >= 4 is 5.97 Å². The van der Waals surface area contributed by atoms with Gasteiger partial charge in [0.1, 0.15) is 0 Å². The van der Waals surface area contributed by atoms with Crippen LogP contribution in [0.3, 0.4) is 0 Å². The summed E-state index contributed by atoms with van der Waals surface area (Å²) in [5, 5.41) is 46.2. The summed E-state index contributed by atoms with van der Waals surface area (Å²) in [7, 11) is 0. The van der Waals surface area contributed by atoms with Crippen LogP contribution in [-0.4, -0.2) is 57.4 Å². The summed E-state index contributed by atoms with van der Waals surface area (Å²) in [6.45, 7) is 23.5. The molecule has 0 aromatic heterocycles. The topological polar surface area (TPSA) is 107 Å². The summed E-state index contributed by atoms with van der Waals surface area (Å²) in [4.78, 5) is 12.7. The number of carbonyl (C=O) groups is 1. The zero-order valence-electron chi connectivity index (χ0n) is 28.6. The number of aliphatic hydroxyl groups is 4. The van der Waals surface area contributed by atoms with Gasteiger partial charge in [-0.15, -0.1) is 6.58 Å². The Morgan fingerprint density at radius 1 is 0.930 bits per heavy atom. The van der Waals surface area contributed by atoms with Crippen molar-refractivity contribution in [3.8, 4) is 0 Å². The summed E-state index contributed by atoms with van der Waals surface area (Å²) >= 11 is 0. The van der Waals surface area contributed by atoms with Crippen LogP contribution in [0.4, 0.5) is 0 Å². The average Bonchev–Trinajstić information content (AvgIpc) is 2.94. The summed E-state index contributed by atoms with van der Waals surface area (Å²) in [5.74, 6) is 0.198. The molecule has 0 radical (unpaired) electrons. The first kappa shape index (κ1) is 34.7. The van der Waals surface area contributed by atoms with E-state index in [4.69, 9.17) is 4.74 Å². The molecule has 4 saturated carbocycles. The second-order valence-corrected chi connectivity index (χ2v) is 16.9. The van der Waals surface area contributed by atoms with Crippen molar-refractivity contribution in [2.24, 2.45) is 50.2 Å². The minimum Gasteiger partial charge on any atom is -0.462 e. The minimum absolute atomic E-state index is 0.0964. The quantitative estimate of drug-likeness (QED) is 0.149. The second kappa shape index (κ2) is 11.5. The number of hydrogen-bond acceptors (Lipinski definition) is 6. The number of ether oxygens (including phenoxy) is 1. The van der Waals surface area contributed by atoms with E-state index in [2.05, 4.69) is 47.3 Å². The fraction of sp³-hybridized carbons (Fsp3) is 0.865. The van der Waals surface area contributed by atoms with Gasteiger partial charge in [-0.25, -0.2) is 4.79 Å². The van der Waals surface area contributed by atoms with Crippen LogP contribution in [0.25, 0.3) is 0 Å². The van der Waals surface area contributed by atoms with Gasteiger partial charge in [0.15, 0.2) is 0 Å². The zero-order valence-corrected chi connectivity index (χ0v) is 28.6. The molecular formula is C37H62O6. The predicted octanol–water partition coefficient (Wildman–Crippen LogP) is 6.60. The van der Waals surface area contributed by atoms with Crippen LogP contribution in [0.1, 0.15) is 120 Å². The van der Waals surface area contributed by atoms with Crippen molar-refractivity contribution in [2.45, 2.75) is 145 Å². The molecule has 0 aromatic carbocycles. The van der Waals surface area contributed by atoms with E-state index in [0.717, 1.165) is 38.5 Å². The van der Waals surface area contributed by atoms with E-state index in [1.165, 1.54) is 0 Å². The molecule has 43 heavy (non-hydrogen) atoms. The second-order valence-electron chi connectivity index (χ2n) is 16.9. The Balaban J connectivity index is 1.73. The molecule has 0 bridgehead atoms. The van der Waals surface area contributed by atoms with Gasteiger partial charge in [0.2, 0.25) is 0 Å². The van der Waals surface area contributed by atoms with Crippen LogP contribution in [0.2, 0.25) is 0 Å². The van der Waals surface area contributed by atoms with Crippen molar-refractivity contribution in [1.82, 2.24) is 0 Å². The Hall–Kier alpha value is -1.21. The van der Waals surface area contributed by atoms with Crippen LogP contribution in [0.5, 0.6) is 0 Å². The van der Waals surface area contributed by atoms with Crippen molar-refractivity contribution in [1.29, 1.82) is 0 Å². The van der Waals surface area contributed by atoms with Crippen molar-refractivity contribution in [3.63, 3.8) is 0 Å². The number of carbonyl (C=O) groups excluding carboxylic acids is 1. The lowest BCUT2D eigenvalue weighted by atomic mass is 9.35. The number of allylic oxidation sites excluding steroid dienone is 2. The van der Waals surface area contributed by atoms with Crippen LogP contribution in [0, 0.1) is 50.2 Å². The van der Waals surface area contributed by atoms with Crippen molar-refractivity contribution in [3.05, 3.63) is 24.3 Å². The maximum atomic E-state index is 12.7. The Bertz CT molecular complexity index is 1100. The molecule has 4 rings (SSSR count). The molecule has 4 fully saturated rings. The molecule has 3 unspecified atom stereocenters. The van der Waals surface area contributed by atoms with E-state index in [0.29, 0.717) is 24.8 Å². The maximum absolute atomic E-state index is 12.7. The molecular weight excluding hydrogens is 540 g/mol. The third-order valence-electron chi connectivity index (χ3n) is 14.6. The van der Waals surface area contributed by atoms with E-state index >= 15 is 0 Å². The van der Waals surface area contributed by atoms with Gasteiger partial charge in [-0.3, -0.25) is 0 Å². The molecule has 6 heteroatoms. The van der Waals surface area contributed by atoms with Gasteiger partial charge < -0.3 is 25.2 Å². The highest BCUT2D eigenvalue weighted by molar-refractivity contribution is 5.87. The molecule has 0 spiro atoms. The van der Waals surface area contributed by atoms with Crippen LogP contribution >= 0.6 is 0 Å². The number of fused-ring (bicyclic) bond motifs is 2. The van der Waals surface area contributed by atoms with E-state index in [1.807, 2.05) is 20.8 Å². The molecule has 0 amide bonds. The number of rotatable bonds is 7. The molecule has 0 aromatic rings. The van der Waals surface area contributed by atoms with E-state index in [1.54, 1.807) is 13.0 Å². The summed E-state index contributed by atoms with van der Waals surface area (Å²) in [6.07, 6.45) is 7.89. The summed E-state index contributed by atoms with van der Waals surface area (Å²) in [6, 6.07) is 0. The lowest BCUT2D eigenvalue weighted by Crippen LogP contribution is -2.69. The standard InChI is InChI=1S/C37H62O6/c1-11-14-26-34(8)17-16-27(38)35(9,22-43-31(42)23(4)12-2)25(34)15-18-36(26,10)33(7)20-24-19-32(5,6)29(40)30(41)37(24,13-3)28(39)21-33/h11-12,24-30,38-41H,1,13-22H2,2-10H3/b23-12+/t24?,25?,26?,27-,28+,29-,30-,33-,34-,35+,36+,37-/m0/s1. The molecule has 4 N–H and O–H groups in total. The monoisotopic (exact) mass is 602 g/mol. The van der Waals surface area contributed by atoms with Crippen molar-refractivity contribution in [2.75, 3.05) is 6.61 Å². The van der Waals surface area contributed by atoms with Crippen LogP contribution < -0.4 is 0 Å². The molecule has 4 aliphatic carbocycles. The fourth-order valence-electron chi connectivity index (χ4n) is 11.5. The minimum atomic E-state index is -0.953. The fourth-order valence-corrected chi connectivity index (χ4v) is 11.5. The van der Waals surface area contributed by atoms with Crippen molar-refractivity contribution < 1.29 is 30.0 Å². The summed E-state index contributed by atoms with van der Waals surface area (Å²) in [5.41, 5.74) is -1.57. The Kier molecular flexibility index (Phi) is 9.31. The average molecular weight is 603 g/mol.